The predicted octanol–water partition coefficient (Wildman–Crippen LogP) is 2.30. The third kappa shape index (κ3) is 4.22. The molecule has 2 aliphatic heterocycles. The highest BCUT2D eigenvalue weighted by Gasteiger charge is 2.48. The van der Waals surface area contributed by atoms with Crippen molar-refractivity contribution in [3.05, 3.63) is 0 Å². The largest absolute Gasteiger partial charge is 0.383 e. The molecule has 0 saturated carbocycles. The second-order valence-corrected chi connectivity index (χ2v) is 7.46. The van der Waals surface area contributed by atoms with Crippen molar-refractivity contribution in [3.8, 4) is 0 Å². The Morgan fingerprint density at radius 1 is 1.00 bits per heavy atom. The molecule has 1 N–H and O–H groups in total. The van der Waals surface area contributed by atoms with Crippen LogP contribution in [-0.4, -0.2) is 74.9 Å². The monoisotopic (exact) mass is 313 g/mol. The molecular formula is C18H39N3O. The van der Waals surface area contributed by atoms with Crippen LogP contribution in [0.1, 0.15) is 41.5 Å². The summed E-state index contributed by atoms with van der Waals surface area (Å²) < 4.78 is 5.18. The van der Waals surface area contributed by atoms with Gasteiger partial charge >= 0.3 is 0 Å². The number of methoxy groups -OCH3 is 1. The summed E-state index contributed by atoms with van der Waals surface area (Å²) in [6.07, 6.45) is 0. The lowest BCUT2D eigenvalue weighted by atomic mass is 9.63. The van der Waals surface area contributed by atoms with E-state index in [1.165, 1.54) is 39.3 Å². The van der Waals surface area contributed by atoms with E-state index in [1.54, 1.807) is 7.11 Å². The molecule has 2 rings (SSSR count). The Kier molecular flexibility index (Phi) is 7.80. The summed E-state index contributed by atoms with van der Waals surface area (Å²) in [5.74, 6) is 0.809. The Labute approximate surface area is 138 Å². The Morgan fingerprint density at radius 3 is 1.95 bits per heavy atom. The molecule has 0 aliphatic carbocycles. The topological polar surface area (TPSA) is 27.7 Å². The van der Waals surface area contributed by atoms with Crippen molar-refractivity contribution in [2.45, 2.75) is 47.1 Å². The van der Waals surface area contributed by atoms with Crippen molar-refractivity contribution in [3.63, 3.8) is 0 Å². The highest BCUT2D eigenvalue weighted by molar-refractivity contribution is 5.03. The quantitative estimate of drug-likeness (QED) is 0.814. The number of rotatable bonds is 6. The van der Waals surface area contributed by atoms with E-state index in [-0.39, 0.29) is 5.54 Å². The normalized spacial score (nSPS) is 22.0. The molecule has 2 fully saturated rings. The summed E-state index contributed by atoms with van der Waals surface area (Å²) in [6.45, 7) is 22.8. The van der Waals surface area contributed by atoms with E-state index >= 15 is 0 Å². The van der Waals surface area contributed by atoms with Gasteiger partial charge < -0.3 is 10.1 Å². The molecular weight excluding hydrogens is 274 g/mol. The van der Waals surface area contributed by atoms with E-state index in [1.807, 2.05) is 13.8 Å². The minimum atomic E-state index is 0.257. The van der Waals surface area contributed by atoms with E-state index in [2.05, 4.69) is 42.8 Å². The standard InChI is InChI=1S/C16H33N3O.C2H6/c1-15(2,14-12-17-13-14)16(3,4)19-8-6-18(7-9-19)10-11-20-5;1-2/h14,17H,6-13H2,1-5H3;1-2H3. The van der Waals surface area contributed by atoms with Gasteiger partial charge in [0.05, 0.1) is 6.61 Å². The number of ether oxygens (including phenoxy) is 1. The van der Waals surface area contributed by atoms with Crippen LogP contribution in [0.3, 0.4) is 0 Å². The molecule has 4 nitrogen and oxygen atoms in total. The zero-order valence-electron chi connectivity index (χ0n) is 16.0. The van der Waals surface area contributed by atoms with Gasteiger partial charge in [0.1, 0.15) is 0 Å². The summed E-state index contributed by atoms with van der Waals surface area (Å²) in [7, 11) is 1.79. The molecule has 22 heavy (non-hydrogen) atoms. The zero-order valence-corrected chi connectivity index (χ0v) is 16.0. The third-order valence-electron chi connectivity index (χ3n) is 6.15. The number of piperazine rings is 1. The van der Waals surface area contributed by atoms with Crippen LogP contribution < -0.4 is 5.32 Å². The van der Waals surface area contributed by atoms with Crippen molar-refractivity contribution < 1.29 is 4.74 Å². The molecule has 0 aromatic rings. The van der Waals surface area contributed by atoms with Crippen LogP contribution >= 0.6 is 0 Å². The van der Waals surface area contributed by atoms with Gasteiger partial charge in [0.25, 0.3) is 0 Å². The zero-order chi connectivity index (χ0) is 16.8. The number of nitrogens with one attached hydrogen (secondary N) is 1. The second-order valence-electron chi connectivity index (χ2n) is 7.46. The Hall–Kier alpha value is -0.160. The predicted molar refractivity (Wildman–Crippen MR) is 95.5 cm³/mol. The average molecular weight is 314 g/mol. The molecule has 0 aromatic carbocycles. The minimum absolute atomic E-state index is 0.257. The molecule has 0 radical (unpaired) electrons. The Morgan fingerprint density at radius 2 is 1.55 bits per heavy atom. The number of hydrogen-bond acceptors (Lipinski definition) is 4. The summed E-state index contributed by atoms with van der Waals surface area (Å²) in [5.41, 5.74) is 0.611. The lowest BCUT2D eigenvalue weighted by Gasteiger charge is -2.57. The molecule has 0 spiro atoms. The van der Waals surface area contributed by atoms with Crippen LogP contribution in [-0.2, 0) is 4.74 Å². The first-order chi connectivity index (χ1) is 10.4. The van der Waals surface area contributed by atoms with Gasteiger partial charge in [0.15, 0.2) is 0 Å². The van der Waals surface area contributed by atoms with Crippen molar-refractivity contribution in [2.75, 3.05) is 59.5 Å². The molecule has 132 valence electrons. The van der Waals surface area contributed by atoms with Gasteiger partial charge in [-0.25, -0.2) is 0 Å². The molecule has 0 unspecified atom stereocenters. The van der Waals surface area contributed by atoms with Gasteiger partial charge in [0.2, 0.25) is 0 Å². The van der Waals surface area contributed by atoms with Crippen molar-refractivity contribution in [2.24, 2.45) is 11.3 Å². The van der Waals surface area contributed by atoms with Gasteiger partial charge in [-0.15, -0.1) is 0 Å². The first-order valence-electron chi connectivity index (χ1n) is 9.06. The van der Waals surface area contributed by atoms with Crippen LogP contribution in [0.25, 0.3) is 0 Å². The van der Waals surface area contributed by atoms with Crippen LogP contribution in [0, 0.1) is 11.3 Å². The molecule has 0 aromatic heterocycles. The lowest BCUT2D eigenvalue weighted by Crippen LogP contribution is -2.65. The highest BCUT2D eigenvalue weighted by atomic mass is 16.5. The van der Waals surface area contributed by atoms with Gasteiger partial charge in [-0.05, 0) is 38.3 Å². The Balaban J connectivity index is 0.00000116. The molecule has 4 heteroatoms. The minimum Gasteiger partial charge on any atom is -0.383 e. The second kappa shape index (κ2) is 8.62. The maximum Gasteiger partial charge on any atom is 0.0589 e. The van der Waals surface area contributed by atoms with Gasteiger partial charge in [-0.1, -0.05) is 27.7 Å². The smallest absolute Gasteiger partial charge is 0.0589 e. The maximum absolute atomic E-state index is 5.18. The summed E-state index contributed by atoms with van der Waals surface area (Å²) in [5, 5.41) is 3.43. The summed E-state index contributed by atoms with van der Waals surface area (Å²) in [6, 6.07) is 0. The number of hydrogen-bond donors (Lipinski definition) is 1. The lowest BCUT2D eigenvalue weighted by molar-refractivity contribution is -0.0619. The fraction of sp³-hybridized carbons (Fsp3) is 1.00. The van der Waals surface area contributed by atoms with Crippen LogP contribution in [0.15, 0.2) is 0 Å². The molecule has 2 aliphatic rings. The van der Waals surface area contributed by atoms with E-state index < -0.39 is 0 Å². The summed E-state index contributed by atoms with van der Waals surface area (Å²) in [4.78, 5) is 5.22. The SMILES string of the molecule is CC.COCCN1CCN(C(C)(C)C(C)(C)C2CNC2)CC1. The van der Waals surface area contributed by atoms with Crippen molar-refractivity contribution in [1.82, 2.24) is 15.1 Å². The molecule has 0 atom stereocenters. The van der Waals surface area contributed by atoms with Crippen LogP contribution in [0.4, 0.5) is 0 Å². The fourth-order valence-electron chi connectivity index (χ4n) is 3.46. The first kappa shape index (κ1) is 19.9. The van der Waals surface area contributed by atoms with Crippen LogP contribution in [0.2, 0.25) is 0 Å². The fourth-order valence-corrected chi connectivity index (χ4v) is 3.46. The molecule has 2 heterocycles. The Bertz CT molecular complexity index is 305. The first-order valence-corrected chi connectivity index (χ1v) is 9.06. The van der Waals surface area contributed by atoms with Crippen molar-refractivity contribution >= 4 is 0 Å². The summed E-state index contributed by atoms with van der Waals surface area (Å²) >= 11 is 0. The van der Waals surface area contributed by atoms with Gasteiger partial charge in [0, 0.05) is 45.4 Å². The maximum atomic E-state index is 5.18. The van der Waals surface area contributed by atoms with Crippen LogP contribution in [0.5, 0.6) is 0 Å². The van der Waals surface area contributed by atoms with Gasteiger partial charge in [-0.3, -0.25) is 9.80 Å². The molecule has 0 amide bonds. The molecule has 0 bridgehead atoms. The highest BCUT2D eigenvalue weighted by Crippen LogP contribution is 2.43. The number of nitrogens with zero attached hydrogens (tertiary/aromatic N) is 2. The van der Waals surface area contributed by atoms with E-state index in [9.17, 15) is 0 Å². The van der Waals surface area contributed by atoms with Crippen molar-refractivity contribution in [1.29, 1.82) is 0 Å². The average Bonchev–Trinajstić information content (AvgIpc) is 2.45. The van der Waals surface area contributed by atoms with E-state index in [0.717, 1.165) is 19.1 Å². The van der Waals surface area contributed by atoms with Gasteiger partial charge in [-0.2, -0.15) is 0 Å². The molecule has 2 saturated heterocycles. The van der Waals surface area contributed by atoms with E-state index in [4.69, 9.17) is 4.74 Å². The third-order valence-corrected chi connectivity index (χ3v) is 6.15. The van der Waals surface area contributed by atoms with E-state index in [0.29, 0.717) is 5.41 Å².